The zero-order valence-corrected chi connectivity index (χ0v) is 47.3. The Kier molecular flexibility index (Phi) is 58.5. The van der Waals surface area contributed by atoms with Gasteiger partial charge >= 0.3 is 5.97 Å². The van der Waals surface area contributed by atoms with Crippen molar-refractivity contribution in [2.75, 3.05) is 13.2 Å². The highest BCUT2D eigenvalue weighted by atomic mass is 16.5. The molecule has 0 saturated carbocycles. The first-order valence-electron chi connectivity index (χ1n) is 31.6. The molecular weight excluding hydrogens is 863 g/mol. The van der Waals surface area contributed by atoms with E-state index < -0.39 is 12.1 Å². The van der Waals surface area contributed by atoms with Crippen LogP contribution in [0.25, 0.3) is 0 Å². The van der Waals surface area contributed by atoms with E-state index in [1.807, 2.05) is 0 Å². The summed E-state index contributed by atoms with van der Waals surface area (Å²) in [4.78, 5) is 24.5. The molecule has 6 nitrogen and oxygen atoms in total. The maximum Gasteiger partial charge on any atom is 0.305 e. The Morgan fingerprint density at radius 1 is 0.386 bits per heavy atom. The lowest BCUT2D eigenvalue weighted by Crippen LogP contribution is -2.45. The maximum atomic E-state index is 12.4. The zero-order chi connectivity index (χ0) is 50.7. The standard InChI is InChI=1S/C64H123NO5/c1-3-5-7-9-11-13-14-15-16-17-29-32-35-38-42-46-50-54-58-64(69)70-59-55-51-47-43-39-36-33-30-27-25-23-21-19-18-20-22-24-26-28-31-34-37-41-45-49-53-57-63(68)65-61(60-66)62(67)56-52-48-44-40-12-10-8-6-4-2/h16-18,20,61-62,66-67H,3-15,19,21-60H2,1-2H3,(H,65,68)/b17-16-,20-18-. The minimum Gasteiger partial charge on any atom is -0.466 e. The summed E-state index contributed by atoms with van der Waals surface area (Å²) in [7, 11) is 0. The molecule has 0 aliphatic heterocycles. The molecule has 0 bridgehead atoms. The van der Waals surface area contributed by atoms with Crippen molar-refractivity contribution in [2.24, 2.45) is 0 Å². The molecule has 0 rings (SSSR count). The zero-order valence-electron chi connectivity index (χ0n) is 47.3. The van der Waals surface area contributed by atoms with Crippen LogP contribution in [0.4, 0.5) is 0 Å². The first-order chi connectivity index (χ1) is 34.5. The Bertz CT molecular complexity index is 1090. The Morgan fingerprint density at radius 2 is 0.671 bits per heavy atom. The van der Waals surface area contributed by atoms with Crippen LogP contribution in [0, 0.1) is 0 Å². The second-order valence-electron chi connectivity index (χ2n) is 21.7. The highest BCUT2D eigenvalue weighted by Gasteiger charge is 2.20. The molecule has 0 radical (unpaired) electrons. The normalized spacial score (nSPS) is 12.7. The van der Waals surface area contributed by atoms with E-state index in [0.29, 0.717) is 25.9 Å². The van der Waals surface area contributed by atoms with Gasteiger partial charge in [-0.05, 0) is 77.0 Å². The van der Waals surface area contributed by atoms with Crippen molar-refractivity contribution < 1.29 is 24.5 Å². The van der Waals surface area contributed by atoms with Crippen LogP contribution >= 0.6 is 0 Å². The van der Waals surface area contributed by atoms with E-state index in [1.54, 1.807) is 0 Å². The fourth-order valence-electron chi connectivity index (χ4n) is 9.87. The smallest absolute Gasteiger partial charge is 0.305 e. The number of esters is 1. The van der Waals surface area contributed by atoms with Gasteiger partial charge in [-0.3, -0.25) is 9.59 Å². The molecule has 1 amide bonds. The van der Waals surface area contributed by atoms with Crippen LogP contribution in [-0.2, 0) is 14.3 Å². The van der Waals surface area contributed by atoms with Gasteiger partial charge in [0, 0.05) is 12.8 Å². The highest BCUT2D eigenvalue weighted by molar-refractivity contribution is 5.76. The van der Waals surface area contributed by atoms with Gasteiger partial charge in [-0.25, -0.2) is 0 Å². The second kappa shape index (κ2) is 59.9. The van der Waals surface area contributed by atoms with Crippen LogP contribution in [0.5, 0.6) is 0 Å². The van der Waals surface area contributed by atoms with E-state index in [9.17, 15) is 19.8 Å². The predicted octanol–water partition coefficient (Wildman–Crippen LogP) is 19.8. The summed E-state index contributed by atoms with van der Waals surface area (Å²) in [5.74, 6) is -0.0267. The number of carbonyl (C=O) groups excluding carboxylic acids is 2. The number of nitrogens with one attached hydrogen (secondary N) is 1. The average Bonchev–Trinajstić information content (AvgIpc) is 3.36. The predicted molar refractivity (Wildman–Crippen MR) is 306 cm³/mol. The molecule has 0 aromatic carbocycles. The maximum absolute atomic E-state index is 12.4. The lowest BCUT2D eigenvalue weighted by molar-refractivity contribution is -0.143. The van der Waals surface area contributed by atoms with E-state index in [0.717, 1.165) is 44.9 Å². The molecule has 70 heavy (non-hydrogen) atoms. The van der Waals surface area contributed by atoms with E-state index >= 15 is 0 Å². The van der Waals surface area contributed by atoms with Gasteiger partial charge in [0.1, 0.15) is 0 Å². The van der Waals surface area contributed by atoms with Gasteiger partial charge in [-0.1, -0.05) is 282 Å². The van der Waals surface area contributed by atoms with Crippen molar-refractivity contribution in [1.29, 1.82) is 0 Å². The number of hydrogen-bond acceptors (Lipinski definition) is 5. The number of hydrogen-bond donors (Lipinski definition) is 3. The molecule has 0 aromatic heterocycles. The molecule has 6 heteroatoms. The molecule has 2 unspecified atom stereocenters. The molecule has 0 fully saturated rings. The van der Waals surface area contributed by atoms with Crippen molar-refractivity contribution in [3.63, 3.8) is 0 Å². The summed E-state index contributed by atoms with van der Waals surface area (Å²) in [6.45, 7) is 4.94. The third kappa shape index (κ3) is 55.7. The van der Waals surface area contributed by atoms with Crippen molar-refractivity contribution in [3.8, 4) is 0 Å². The Morgan fingerprint density at radius 3 is 1.01 bits per heavy atom. The molecule has 3 N–H and O–H groups in total. The van der Waals surface area contributed by atoms with Crippen LogP contribution in [-0.4, -0.2) is 47.4 Å². The Balaban J connectivity index is 3.35. The highest BCUT2D eigenvalue weighted by Crippen LogP contribution is 2.17. The van der Waals surface area contributed by atoms with Crippen LogP contribution in [0.15, 0.2) is 24.3 Å². The number of allylic oxidation sites excluding steroid dienone is 4. The minimum absolute atomic E-state index is 0.0116. The molecule has 2 atom stereocenters. The number of aliphatic hydroxyl groups excluding tert-OH is 2. The lowest BCUT2D eigenvalue weighted by Gasteiger charge is -2.22. The third-order valence-corrected chi connectivity index (χ3v) is 14.7. The number of carbonyl (C=O) groups is 2. The third-order valence-electron chi connectivity index (χ3n) is 14.7. The quantitative estimate of drug-likeness (QED) is 0.0321. The van der Waals surface area contributed by atoms with E-state index in [4.69, 9.17) is 4.74 Å². The summed E-state index contributed by atoms with van der Waals surface area (Å²) in [5, 5.41) is 23.1. The molecule has 0 heterocycles. The number of unbranched alkanes of at least 4 members (excludes halogenated alkanes) is 44. The molecule has 414 valence electrons. The molecule has 0 spiro atoms. The van der Waals surface area contributed by atoms with Gasteiger partial charge in [0.2, 0.25) is 5.91 Å². The first-order valence-corrected chi connectivity index (χ1v) is 31.6. The average molecular weight is 987 g/mol. The van der Waals surface area contributed by atoms with E-state index in [-0.39, 0.29) is 18.5 Å². The van der Waals surface area contributed by atoms with Crippen molar-refractivity contribution in [1.82, 2.24) is 5.32 Å². The Hall–Kier alpha value is -1.66. The summed E-state index contributed by atoms with van der Waals surface area (Å²) >= 11 is 0. The van der Waals surface area contributed by atoms with Crippen molar-refractivity contribution >= 4 is 11.9 Å². The number of rotatable bonds is 59. The monoisotopic (exact) mass is 986 g/mol. The van der Waals surface area contributed by atoms with Gasteiger partial charge in [-0.2, -0.15) is 0 Å². The topological polar surface area (TPSA) is 95.9 Å². The number of aliphatic hydroxyl groups is 2. The van der Waals surface area contributed by atoms with E-state index in [1.165, 1.54) is 270 Å². The van der Waals surface area contributed by atoms with E-state index in [2.05, 4.69) is 43.5 Å². The second-order valence-corrected chi connectivity index (χ2v) is 21.7. The first kappa shape index (κ1) is 68.3. The van der Waals surface area contributed by atoms with Crippen LogP contribution in [0.3, 0.4) is 0 Å². The largest absolute Gasteiger partial charge is 0.466 e. The van der Waals surface area contributed by atoms with Crippen LogP contribution in [0.2, 0.25) is 0 Å². The van der Waals surface area contributed by atoms with Crippen molar-refractivity contribution in [3.05, 3.63) is 24.3 Å². The van der Waals surface area contributed by atoms with Crippen LogP contribution in [0.1, 0.15) is 348 Å². The SMILES string of the molecule is CCCCCCCCC/C=C\CCCCCCCCCC(=O)OCCCCCCCCCCCCCC/C=C\CCCCCCCCCCCCC(=O)NC(CO)C(O)CCCCCCCCCCC. The molecular formula is C64H123NO5. The molecule has 0 aromatic rings. The summed E-state index contributed by atoms with van der Waals surface area (Å²) in [6, 6.07) is -0.540. The lowest BCUT2D eigenvalue weighted by atomic mass is 10.0. The fourth-order valence-corrected chi connectivity index (χ4v) is 9.87. The molecule has 0 aliphatic carbocycles. The molecule has 0 saturated heterocycles. The summed E-state index contributed by atoms with van der Waals surface area (Å²) < 4.78 is 5.50. The summed E-state index contributed by atoms with van der Waals surface area (Å²) in [5.41, 5.74) is 0. The molecule has 0 aliphatic rings. The summed E-state index contributed by atoms with van der Waals surface area (Å²) in [6.07, 6.45) is 73.5. The number of amides is 1. The van der Waals surface area contributed by atoms with Gasteiger partial charge < -0.3 is 20.3 Å². The number of ether oxygens (including phenoxy) is 1. The fraction of sp³-hybridized carbons (Fsp3) is 0.906. The van der Waals surface area contributed by atoms with Gasteiger partial charge in [0.15, 0.2) is 0 Å². The van der Waals surface area contributed by atoms with Crippen LogP contribution < -0.4 is 5.32 Å². The Labute approximate surface area is 437 Å². The van der Waals surface area contributed by atoms with Crippen molar-refractivity contribution in [2.45, 2.75) is 360 Å². The van der Waals surface area contributed by atoms with Gasteiger partial charge in [0.25, 0.3) is 0 Å². The van der Waals surface area contributed by atoms with Gasteiger partial charge in [-0.15, -0.1) is 0 Å². The van der Waals surface area contributed by atoms with Gasteiger partial charge in [0.05, 0.1) is 25.4 Å². The minimum atomic E-state index is -0.663.